The molecule has 2 N–H and O–H groups in total. The molecule has 0 unspecified atom stereocenters. The first-order valence-electron chi connectivity index (χ1n) is 8.46. The predicted octanol–water partition coefficient (Wildman–Crippen LogP) is 1.90. The first-order valence-corrected chi connectivity index (χ1v) is 8.46. The van der Waals surface area contributed by atoms with Crippen molar-refractivity contribution in [2.45, 2.75) is 26.0 Å². The van der Waals surface area contributed by atoms with Crippen LogP contribution in [0.15, 0.2) is 28.8 Å². The van der Waals surface area contributed by atoms with E-state index >= 15 is 0 Å². The number of ether oxygens (including phenoxy) is 1. The summed E-state index contributed by atoms with van der Waals surface area (Å²) in [6, 6.07) is 7.78. The van der Waals surface area contributed by atoms with Crippen molar-refractivity contribution in [2.24, 2.45) is 5.92 Å². The fraction of sp³-hybridized carbons (Fsp3) is 0.444. The molecule has 0 saturated carbocycles. The van der Waals surface area contributed by atoms with Gasteiger partial charge in [0.25, 0.3) is 0 Å². The Bertz CT molecular complexity index is 872. The summed E-state index contributed by atoms with van der Waals surface area (Å²) in [5, 5.41) is 22.8. The number of aryl methyl sites for hydroxylation is 1. The molecule has 1 fully saturated rings. The quantitative estimate of drug-likeness (QED) is 0.736. The number of β-amino-alcohol motifs (C(OH)–C–C–N with tert-alkyl or cyclic N) is 1. The van der Waals surface area contributed by atoms with Gasteiger partial charge in [-0.15, -0.1) is 0 Å². The van der Waals surface area contributed by atoms with Gasteiger partial charge in [0.2, 0.25) is 0 Å². The highest BCUT2D eigenvalue weighted by atomic mass is 16.5. The van der Waals surface area contributed by atoms with E-state index in [9.17, 15) is 5.11 Å². The average molecular weight is 342 g/mol. The second-order valence-electron chi connectivity index (χ2n) is 6.75. The van der Waals surface area contributed by atoms with Crippen LogP contribution in [0, 0.1) is 12.8 Å². The maximum absolute atomic E-state index is 10.4. The van der Waals surface area contributed by atoms with Crippen LogP contribution in [0.2, 0.25) is 0 Å². The first-order chi connectivity index (χ1) is 12.1. The number of aromatic amines is 1. The van der Waals surface area contributed by atoms with Crippen LogP contribution in [0.5, 0.6) is 5.75 Å². The molecule has 1 aromatic carbocycles. The van der Waals surface area contributed by atoms with E-state index in [-0.39, 0.29) is 12.0 Å². The molecule has 0 spiro atoms. The molecule has 7 heteroatoms. The van der Waals surface area contributed by atoms with Gasteiger partial charge in [-0.1, -0.05) is 5.16 Å². The number of benzene rings is 1. The zero-order valence-electron chi connectivity index (χ0n) is 14.4. The minimum absolute atomic E-state index is 0.149. The Hall–Kier alpha value is -2.38. The fourth-order valence-corrected chi connectivity index (χ4v) is 3.56. The van der Waals surface area contributed by atoms with Crippen LogP contribution in [0.1, 0.15) is 17.1 Å². The van der Waals surface area contributed by atoms with Gasteiger partial charge in [-0.25, -0.2) is 0 Å². The number of aliphatic hydroxyl groups excluding tert-OH is 1. The molecular formula is C18H22N4O3. The van der Waals surface area contributed by atoms with Crippen molar-refractivity contribution in [3.8, 4) is 5.75 Å². The van der Waals surface area contributed by atoms with Crippen LogP contribution >= 0.6 is 0 Å². The summed E-state index contributed by atoms with van der Waals surface area (Å²) in [4.78, 5) is 2.24. The van der Waals surface area contributed by atoms with Crippen LogP contribution in [-0.2, 0) is 13.0 Å². The Morgan fingerprint density at radius 3 is 3.00 bits per heavy atom. The van der Waals surface area contributed by atoms with Crippen LogP contribution < -0.4 is 4.74 Å². The maximum Gasteiger partial charge on any atom is 0.137 e. The lowest BCUT2D eigenvalue weighted by atomic mass is 10.0. The largest absolute Gasteiger partial charge is 0.497 e. The molecule has 1 aliphatic heterocycles. The highest BCUT2D eigenvalue weighted by Gasteiger charge is 2.32. The third-order valence-corrected chi connectivity index (χ3v) is 4.84. The molecule has 25 heavy (non-hydrogen) atoms. The molecular weight excluding hydrogens is 320 g/mol. The number of nitrogens with one attached hydrogen (secondary N) is 1. The van der Waals surface area contributed by atoms with Gasteiger partial charge in [-0.05, 0) is 25.1 Å². The van der Waals surface area contributed by atoms with Crippen molar-refractivity contribution in [2.75, 3.05) is 20.2 Å². The molecule has 0 aliphatic carbocycles. The summed E-state index contributed by atoms with van der Waals surface area (Å²) in [6.45, 7) is 4.07. The van der Waals surface area contributed by atoms with Gasteiger partial charge in [0.05, 0.1) is 30.1 Å². The van der Waals surface area contributed by atoms with Crippen LogP contribution in [0.25, 0.3) is 10.9 Å². The summed E-state index contributed by atoms with van der Waals surface area (Å²) >= 11 is 0. The van der Waals surface area contributed by atoms with Crippen molar-refractivity contribution in [3.63, 3.8) is 0 Å². The van der Waals surface area contributed by atoms with E-state index < -0.39 is 0 Å². The topological polar surface area (TPSA) is 87.4 Å². The van der Waals surface area contributed by atoms with Crippen LogP contribution in [0.3, 0.4) is 0 Å². The van der Waals surface area contributed by atoms with Gasteiger partial charge < -0.3 is 14.4 Å². The second-order valence-corrected chi connectivity index (χ2v) is 6.75. The molecule has 3 heterocycles. The molecule has 1 saturated heterocycles. The van der Waals surface area contributed by atoms with E-state index in [1.165, 1.54) is 0 Å². The number of H-pyrrole nitrogens is 1. The van der Waals surface area contributed by atoms with E-state index in [0.717, 1.165) is 40.3 Å². The molecule has 2 aromatic heterocycles. The van der Waals surface area contributed by atoms with Gasteiger partial charge in [0, 0.05) is 43.4 Å². The normalized spacial score (nSPS) is 21.2. The average Bonchev–Trinajstić information content (AvgIpc) is 3.28. The molecule has 4 rings (SSSR count). The summed E-state index contributed by atoms with van der Waals surface area (Å²) in [6.07, 6.45) is 0.338. The summed E-state index contributed by atoms with van der Waals surface area (Å²) in [5.41, 5.74) is 2.83. The molecule has 0 bridgehead atoms. The lowest BCUT2D eigenvalue weighted by Crippen LogP contribution is -2.21. The van der Waals surface area contributed by atoms with Gasteiger partial charge >= 0.3 is 0 Å². The van der Waals surface area contributed by atoms with E-state index in [0.29, 0.717) is 19.5 Å². The van der Waals surface area contributed by atoms with Crippen LogP contribution in [-0.4, -0.2) is 51.7 Å². The number of methoxy groups -OCH3 is 1. The Kier molecular flexibility index (Phi) is 4.19. The van der Waals surface area contributed by atoms with Gasteiger partial charge in [-0.2, -0.15) is 5.10 Å². The SMILES string of the molecule is COc1ccc2n[nH]c(CN3C[C@@H](Cc4cc(C)no4)[C@H](O)C3)c2c1. The third kappa shape index (κ3) is 3.25. The Balaban J connectivity index is 1.46. The highest BCUT2D eigenvalue weighted by molar-refractivity contribution is 5.82. The number of nitrogens with zero attached hydrogens (tertiary/aromatic N) is 3. The van der Waals surface area contributed by atoms with Crippen molar-refractivity contribution in [1.29, 1.82) is 0 Å². The molecule has 2 atom stereocenters. The minimum Gasteiger partial charge on any atom is -0.497 e. The van der Waals surface area contributed by atoms with Gasteiger partial charge in [-0.3, -0.25) is 10.00 Å². The van der Waals surface area contributed by atoms with E-state index in [1.54, 1.807) is 7.11 Å². The summed E-state index contributed by atoms with van der Waals surface area (Å²) in [7, 11) is 1.66. The first kappa shape index (κ1) is 16.1. The van der Waals surface area contributed by atoms with Crippen molar-refractivity contribution in [1.82, 2.24) is 20.3 Å². The number of aliphatic hydroxyl groups is 1. The molecule has 132 valence electrons. The lowest BCUT2D eigenvalue weighted by molar-refractivity contribution is 0.137. The smallest absolute Gasteiger partial charge is 0.137 e. The number of hydrogen-bond donors (Lipinski definition) is 2. The number of hydrogen-bond acceptors (Lipinski definition) is 6. The molecule has 1 aliphatic rings. The lowest BCUT2D eigenvalue weighted by Gasteiger charge is -2.14. The Morgan fingerprint density at radius 2 is 2.24 bits per heavy atom. The zero-order chi connectivity index (χ0) is 17.4. The Labute approximate surface area is 145 Å². The van der Waals surface area contributed by atoms with E-state index in [4.69, 9.17) is 9.26 Å². The summed E-state index contributed by atoms with van der Waals surface area (Å²) < 4.78 is 10.6. The van der Waals surface area contributed by atoms with Gasteiger partial charge in [0.1, 0.15) is 11.5 Å². The number of likely N-dealkylation sites (tertiary alicyclic amines) is 1. The van der Waals surface area contributed by atoms with Crippen molar-refractivity contribution in [3.05, 3.63) is 41.4 Å². The molecule has 0 radical (unpaired) electrons. The monoisotopic (exact) mass is 342 g/mol. The maximum atomic E-state index is 10.4. The summed E-state index contributed by atoms with van der Waals surface area (Å²) in [5.74, 6) is 1.80. The fourth-order valence-electron chi connectivity index (χ4n) is 3.56. The standard InChI is InChI=1S/C18H22N4O3/c1-11-5-14(25-21-11)6-12-8-22(10-18(12)23)9-17-15-7-13(24-2)3-4-16(15)19-20-17/h3-5,7,12,18,23H,6,8-10H2,1-2H3,(H,19,20)/t12-,18-/m1/s1. The van der Waals surface area contributed by atoms with Crippen LogP contribution in [0.4, 0.5) is 0 Å². The number of aromatic nitrogens is 3. The second kappa shape index (κ2) is 6.50. The van der Waals surface area contributed by atoms with Gasteiger partial charge in [0.15, 0.2) is 0 Å². The molecule has 0 amide bonds. The van der Waals surface area contributed by atoms with E-state index in [2.05, 4.69) is 20.3 Å². The molecule has 3 aromatic rings. The zero-order valence-corrected chi connectivity index (χ0v) is 14.4. The number of rotatable bonds is 5. The predicted molar refractivity (Wildman–Crippen MR) is 92.4 cm³/mol. The molecule has 7 nitrogen and oxygen atoms in total. The highest BCUT2D eigenvalue weighted by Crippen LogP contribution is 2.26. The number of fused-ring (bicyclic) bond motifs is 1. The van der Waals surface area contributed by atoms with Crippen molar-refractivity contribution < 1.29 is 14.4 Å². The minimum atomic E-state index is -0.367. The third-order valence-electron chi connectivity index (χ3n) is 4.84. The Morgan fingerprint density at radius 1 is 1.36 bits per heavy atom. The van der Waals surface area contributed by atoms with Crippen molar-refractivity contribution >= 4 is 10.9 Å². The van der Waals surface area contributed by atoms with E-state index in [1.807, 2.05) is 31.2 Å².